The summed E-state index contributed by atoms with van der Waals surface area (Å²) in [5, 5.41) is 10.0. The number of anilines is 2. The van der Waals surface area contributed by atoms with Crippen LogP contribution in [0.5, 0.6) is 0 Å². The van der Waals surface area contributed by atoms with Gasteiger partial charge in [0.05, 0.1) is 17.3 Å². The number of hydrogen-bond acceptors (Lipinski definition) is 5. The Kier molecular flexibility index (Phi) is 5.70. The third kappa shape index (κ3) is 4.34. The lowest BCUT2D eigenvalue weighted by molar-refractivity contribution is -0.122. The lowest BCUT2D eigenvalue weighted by Crippen LogP contribution is -2.28. The van der Waals surface area contributed by atoms with Gasteiger partial charge in [0, 0.05) is 35.7 Å². The Balaban J connectivity index is 1.33. The molecular weight excluding hydrogens is 453 g/mol. The van der Waals surface area contributed by atoms with Crippen LogP contribution in [0.2, 0.25) is 0 Å². The molecule has 9 heteroatoms. The highest BCUT2D eigenvalue weighted by Gasteiger charge is 2.35. The second-order valence-corrected chi connectivity index (χ2v) is 9.17. The number of rotatable bonds is 5. The number of aromatic nitrogens is 3. The summed E-state index contributed by atoms with van der Waals surface area (Å²) < 4.78 is 14.8. The van der Waals surface area contributed by atoms with E-state index in [0.717, 1.165) is 17.0 Å². The van der Waals surface area contributed by atoms with Gasteiger partial charge in [0.25, 0.3) is 0 Å². The van der Waals surface area contributed by atoms with Gasteiger partial charge >= 0.3 is 0 Å². The summed E-state index contributed by atoms with van der Waals surface area (Å²) in [6.45, 7) is 4.11. The maximum Gasteiger partial charge on any atom is 0.230 e. The monoisotopic (exact) mass is 475 g/mol. The number of nitrogens with zero attached hydrogens (tertiary/aromatic N) is 4. The molecule has 0 aliphatic carbocycles. The first-order valence-electron chi connectivity index (χ1n) is 10.8. The molecule has 7 nitrogen and oxygen atoms in total. The van der Waals surface area contributed by atoms with Crippen LogP contribution in [-0.2, 0) is 9.59 Å². The lowest BCUT2D eigenvalue weighted by Gasteiger charge is -2.16. The number of aryl methyl sites for hydroxylation is 2. The van der Waals surface area contributed by atoms with Crippen molar-refractivity contribution < 1.29 is 14.0 Å². The van der Waals surface area contributed by atoms with E-state index in [-0.39, 0.29) is 30.6 Å². The van der Waals surface area contributed by atoms with E-state index in [4.69, 9.17) is 4.98 Å². The smallest absolute Gasteiger partial charge is 0.230 e. The molecule has 1 fully saturated rings. The van der Waals surface area contributed by atoms with Crippen molar-refractivity contribution in [2.45, 2.75) is 20.3 Å². The fourth-order valence-corrected chi connectivity index (χ4v) is 4.73. The predicted molar refractivity (Wildman–Crippen MR) is 130 cm³/mol. The molecule has 1 unspecified atom stereocenters. The van der Waals surface area contributed by atoms with Gasteiger partial charge in [-0.15, -0.1) is 11.3 Å². The number of halogens is 1. The molecule has 172 valence electrons. The predicted octanol–water partition coefficient (Wildman–Crippen LogP) is 4.74. The van der Waals surface area contributed by atoms with Crippen molar-refractivity contribution in [1.82, 2.24) is 14.8 Å². The summed E-state index contributed by atoms with van der Waals surface area (Å²) in [6.07, 6.45) is 0.0884. The molecule has 2 aromatic heterocycles. The quantitative estimate of drug-likeness (QED) is 0.452. The maximum atomic E-state index is 13.2. The molecule has 1 N–H and O–H groups in total. The number of thiazole rings is 1. The van der Waals surface area contributed by atoms with Crippen molar-refractivity contribution >= 4 is 34.7 Å². The largest absolute Gasteiger partial charge is 0.312 e. The second-order valence-electron chi connectivity index (χ2n) is 8.34. The van der Waals surface area contributed by atoms with Crippen LogP contribution in [0.3, 0.4) is 0 Å². The van der Waals surface area contributed by atoms with Crippen molar-refractivity contribution in [1.29, 1.82) is 0 Å². The van der Waals surface area contributed by atoms with Gasteiger partial charge in [0.1, 0.15) is 11.6 Å². The van der Waals surface area contributed by atoms with Gasteiger partial charge in [-0.05, 0) is 38.1 Å². The number of amides is 2. The lowest BCUT2D eigenvalue weighted by atomic mass is 10.1. The molecule has 1 aliphatic rings. The van der Waals surface area contributed by atoms with E-state index in [0.29, 0.717) is 16.6 Å². The minimum absolute atomic E-state index is 0.0884. The molecule has 5 rings (SSSR count). The van der Waals surface area contributed by atoms with Crippen LogP contribution < -0.4 is 10.2 Å². The first-order valence-corrected chi connectivity index (χ1v) is 11.7. The van der Waals surface area contributed by atoms with E-state index < -0.39 is 5.92 Å². The topological polar surface area (TPSA) is 80.1 Å². The first-order chi connectivity index (χ1) is 16.4. The molecule has 34 heavy (non-hydrogen) atoms. The molecule has 4 aromatic rings. The van der Waals surface area contributed by atoms with Crippen molar-refractivity contribution in [2.75, 3.05) is 16.8 Å². The third-order valence-corrected chi connectivity index (χ3v) is 6.55. The molecule has 1 aliphatic heterocycles. The highest BCUT2D eigenvalue weighted by atomic mass is 32.1. The number of benzene rings is 2. The summed E-state index contributed by atoms with van der Waals surface area (Å²) in [5.41, 5.74) is 4.33. The number of carbonyl (C=O) groups excluding carboxylic acids is 2. The summed E-state index contributed by atoms with van der Waals surface area (Å²) in [4.78, 5) is 31.8. The molecule has 0 saturated carbocycles. The molecule has 0 bridgehead atoms. The highest BCUT2D eigenvalue weighted by molar-refractivity contribution is 7.12. The standard InChI is InChI=1S/C25H22FN5O2S/c1-15-3-5-17(6-4-15)21-14-34-25(27-21)31-22(11-16(2)29-31)28-24(33)18-12-23(32)30(13-18)20-9-7-19(26)8-10-20/h3-11,14,18H,12-13H2,1-2H3,(H,28,33). The summed E-state index contributed by atoms with van der Waals surface area (Å²) in [7, 11) is 0. The van der Waals surface area contributed by atoms with Gasteiger partial charge in [-0.3, -0.25) is 9.59 Å². The van der Waals surface area contributed by atoms with Crippen LogP contribution in [0.25, 0.3) is 16.4 Å². The normalized spacial score (nSPS) is 15.7. The van der Waals surface area contributed by atoms with E-state index in [2.05, 4.69) is 10.4 Å². The SMILES string of the molecule is Cc1ccc(-c2csc(-n3nc(C)cc3NC(=O)C3CC(=O)N(c4ccc(F)cc4)C3)n2)cc1. The molecule has 2 aromatic carbocycles. The van der Waals surface area contributed by atoms with Crippen LogP contribution >= 0.6 is 11.3 Å². The molecule has 2 amide bonds. The third-order valence-electron chi connectivity index (χ3n) is 5.74. The Labute approximate surface area is 199 Å². The minimum atomic E-state index is -0.527. The van der Waals surface area contributed by atoms with E-state index in [9.17, 15) is 14.0 Å². The van der Waals surface area contributed by atoms with Gasteiger partial charge in [0.15, 0.2) is 0 Å². The minimum Gasteiger partial charge on any atom is -0.312 e. The zero-order chi connectivity index (χ0) is 23.8. The Morgan fingerprint density at radius 3 is 2.59 bits per heavy atom. The molecule has 1 atom stereocenters. The average molecular weight is 476 g/mol. The number of hydrogen-bond donors (Lipinski definition) is 1. The fraction of sp³-hybridized carbons (Fsp3) is 0.200. The van der Waals surface area contributed by atoms with E-state index in [1.54, 1.807) is 22.9 Å². The van der Waals surface area contributed by atoms with Gasteiger partial charge < -0.3 is 10.2 Å². The van der Waals surface area contributed by atoms with Crippen LogP contribution in [0.15, 0.2) is 60.0 Å². The van der Waals surface area contributed by atoms with Crippen LogP contribution in [0.1, 0.15) is 17.7 Å². The van der Waals surface area contributed by atoms with Gasteiger partial charge in [-0.25, -0.2) is 9.37 Å². The average Bonchev–Trinajstić information content (AvgIpc) is 3.53. The molecule has 0 spiro atoms. The van der Waals surface area contributed by atoms with Gasteiger partial charge in [0.2, 0.25) is 16.9 Å². The molecule has 3 heterocycles. The zero-order valence-electron chi connectivity index (χ0n) is 18.7. The molecule has 0 radical (unpaired) electrons. The Morgan fingerprint density at radius 1 is 1.12 bits per heavy atom. The van der Waals surface area contributed by atoms with E-state index >= 15 is 0 Å². The van der Waals surface area contributed by atoms with Crippen molar-refractivity contribution in [3.63, 3.8) is 0 Å². The van der Waals surface area contributed by atoms with Crippen LogP contribution in [0.4, 0.5) is 15.9 Å². The first kappa shape index (κ1) is 22.0. The Morgan fingerprint density at radius 2 is 1.85 bits per heavy atom. The summed E-state index contributed by atoms with van der Waals surface area (Å²) in [6, 6.07) is 15.6. The van der Waals surface area contributed by atoms with Crippen LogP contribution in [0, 0.1) is 25.6 Å². The maximum absolute atomic E-state index is 13.2. The van der Waals surface area contributed by atoms with Crippen molar-refractivity contribution in [2.24, 2.45) is 5.92 Å². The molecule has 1 saturated heterocycles. The van der Waals surface area contributed by atoms with E-state index in [1.165, 1.54) is 33.9 Å². The summed E-state index contributed by atoms with van der Waals surface area (Å²) in [5.74, 6) is -0.838. The molecular formula is C25H22FN5O2S. The fourth-order valence-electron chi connectivity index (χ4n) is 3.93. The van der Waals surface area contributed by atoms with Gasteiger partial charge in [-0.2, -0.15) is 9.78 Å². The zero-order valence-corrected chi connectivity index (χ0v) is 19.5. The van der Waals surface area contributed by atoms with Gasteiger partial charge in [-0.1, -0.05) is 29.8 Å². The van der Waals surface area contributed by atoms with Crippen LogP contribution in [-0.4, -0.2) is 33.1 Å². The summed E-state index contributed by atoms with van der Waals surface area (Å²) >= 11 is 1.43. The highest BCUT2D eigenvalue weighted by Crippen LogP contribution is 2.29. The van der Waals surface area contributed by atoms with E-state index in [1.807, 2.05) is 43.5 Å². The number of nitrogens with one attached hydrogen (secondary N) is 1. The second kappa shape index (κ2) is 8.83. The Bertz CT molecular complexity index is 1360. The van der Waals surface area contributed by atoms with Crippen molar-refractivity contribution in [3.05, 3.63) is 77.1 Å². The van der Waals surface area contributed by atoms with Crippen molar-refractivity contribution in [3.8, 4) is 16.4 Å². The Hall–Kier alpha value is -3.85. The number of carbonyl (C=O) groups is 2.